The Bertz CT molecular complexity index is 1380. The van der Waals surface area contributed by atoms with E-state index in [1.807, 2.05) is 32.0 Å². The van der Waals surface area contributed by atoms with Crippen molar-refractivity contribution in [2.75, 3.05) is 18.4 Å². The van der Waals surface area contributed by atoms with Crippen LogP contribution < -0.4 is 5.32 Å². The first kappa shape index (κ1) is 22.9. The summed E-state index contributed by atoms with van der Waals surface area (Å²) in [5.41, 5.74) is 2.29. The highest BCUT2D eigenvalue weighted by Crippen LogP contribution is 2.31. The number of aromatic nitrogens is 3. The molecule has 2 aromatic carbocycles. The highest BCUT2D eigenvalue weighted by Gasteiger charge is 2.35. The second kappa shape index (κ2) is 9.40. The molecule has 1 amide bonds. The third-order valence-corrected chi connectivity index (χ3v) is 6.50. The number of carbonyl (C=O) groups excluding carboxylic acids is 1. The minimum Gasteiger partial charge on any atom is -0.424 e. The number of amides is 1. The smallest absolute Gasteiger partial charge is 0.295 e. The van der Waals surface area contributed by atoms with Crippen LogP contribution in [0.2, 0.25) is 0 Å². The Hall–Kier alpha value is -3.88. The topological polar surface area (TPSA) is 84.2 Å². The summed E-state index contributed by atoms with van der Waals surface area (Å²) in [6.07, 6.45) is 4.66. The van der Waals surface area contributed by atoms with Crippen LogP contribution in [0.4, 0.5) is 14.8 Å². The van der Waals surface area contributed by atoms with Gasteiger partial charge in [-0.1, -0.05) is 13.0 Å². The molecule has 2 atom stereocenters. The molecule has 0 saturated carbocycles. The predicted octanol–water partition coefficient (Wildman–Crippen LogP) is 5.22. The average molecular weight is 478 g/mol. The monoisotopic (exact) mass is 477 g/mol. The van der Waals surface area contributed by atoms with Gasteiger partial charge in [0.2, 0.25) is 0 Å². The van der Waals surface area contributed by atoms with Crippen molar-refractivity contribution in [3.05, 3.63) is 71.6 Å². The van der Waals surface area contributed by atoms with E-state index in [1.54, 1.807) is 11.0 Å². The number of hydrogen-bond acceptors (Lipinski definition) is 6. The fourth-order valence-corrected chi connectivity index (χ4v) is 4.65. The Kier molecular flexibility index (Phi) is 6.15. The maximum atomic E-state index is 15.1. The molecular formula is C26H25F2N5O2. The van der Waals surface area contributed by atoms with Gasteiger partial charge < -0.3 is 14.6 Å². The van der Waals surface area contributed by atoms with Crippen molar-refractivity contribution in [2.45, 2.75) is 32.7 Å². The molecule has 180 valence electrons. The molecule has 5 rings (SSSR count). The van der Waals surface area contributed by atoms with Gasteiger partial charge in [-0.2, -0.15) is 4.98 Å². The first-order valence-electron chi connectivity index (χ1n) is 11.6. The lowest BCUT2D eigenvalue weighted by molar-refractivity contribution is 0.0534. The molecule has 0 radical (unpaired) electrons. The molecule has 9 heteroatoms. The third kappa shape index (κ3) is 4.45. The standard InChI is InChI=1S/C26H25F2N5O2/c1-15-6-9-21-19(13-15)32-26(35-21)31-14-20-16(2)5-3-12-33(20)25(34)22-17(7-8-18(27)23(22)28)24-29-10-4-11-30-24/h4,6-11,13,16,20H,3,5,12,14H2,1-2H3,(H,31,32). The van der Waals surface area contributed by atoms with Gasteiger partial charge in [-0.15, -0.1) is 0 Å². The van der Waals surface area contributed by atoms with E-state index in [0.29, 0.717) is 24.7 Å². The Morgan fingerprint density at radius 1 is 1.20 bits per heavy atom. The summed E-state index contributed by atoms with van der Waals surface area (Å²) in [4.78, 5) is 28.1. The zero-order valence-electron chi connectivity index (χ0n) is 19.5. The van der Waals surface area contributed by atoms with E-state index in [-0.39, 0.29) is 28.9 Å². The quantitative estimate of drug-likeness (QED) is 0.424. The lowest BCUT2D eigenvalue weighted by Crippen LogP contribution is -2.51. The maximum absolute atomic E-state index is 15.1. The van der Waals surface area contributed by atoms with E-state index < -0.39 is 17.5 Å². The van der Waals surface area contributed by atoms with Crippen molar-refractivity contribution < 1.29 is 18.0 Å². The molecule has 1 N–H and O–H groups in total. The van der Waals surface area contributed by atoms with Gasteiger partial charge in [-0.3, -0.25) is 4.79 Å². The van der Waals surface area contributed by atoms with Crippen LogP contribution in [-0.4, -0.2) is 44.9 Å². The van der Waals surface area contributed by atoms with Crippen LogP contribution in [-0.2, 0) is 0 Å². The number of anilines is 1. The molecule has 1 aliphatic rings. The lowest BCUT2D eigenvalue weighted by Gasteiger charge is -2.40. The summed E-state index contributed by atoms with van der Waals surface area (Å²) >= 11 is 0. The van der Waals surface area contributed by atoms with Gasteiger partial charge in [-0.05, 0) is 61.6 Å². The summed E-state index contributed by atoms with van der Waals surface area (Å²) in [7, 11) is 0. The van der Waals surface area contributed by atoms with E-state index in [9.17, 15) is 9.18 Å². The highest BCUT2D eigenvalue weighted by molar-refractivity contribution is 6.00. The van der Waals surface area contributed by atoms with Gasteiger partial charge in [0.25, 0.3) is 11.9 Å². The van der Waals surface area contributed by atoms with Crippen molar-refractivity contribution in [1.29, 1.82) is 0 Å². The van der Waals surface area contributed by atoms with Crippen LogP contribution >= 0.6 is 0 Å². The summed E-state index contributed by atoms with van der Waals surface area (Å²) < 4.78 is 35.1. The van der Waals surface area contributed by atoms with Crippen LogP contribution in [0.5, 0.6) is 0 Å². The number of fused-ring (bicyclic) bond motifs is 1. The largest absolute Gasteiger partial charge is 0.424 e. The van der Waals surface area contributed by atoms with Crippen LogP contribution in [0, 0.1) is 24.5 Å². The van der Waals surface area contributed by atoms with Crippen LogP contribution in [0.25, 0.3) is 22.5 Å². The van der Waals surface area contributed by atoms with Gasteiger partial charge in [0, 0.05) is 31.0 Å². The number of aryl methyl sites for hydroxylation is 1. The summed E-state index contributed by atoms with van der Waals surface area (Å²) in [5, 5.41) is 3.20. The summed E-state index contributed by atoms with van der Waals surface area (Å²) in [5.74, 6) is -2.58. The van der Waals surface area contributed by atoms with Gasteiger partial charge in [0.05, 0.1) is 11.6 Å². The first-order valence-corrected chi connectivity index (χ1v) is 11.6. The zero-order valence-corrected chi connectivity index (χ0v) is 19.5. The number of rotatable bonds is 5. The molecule has 0 spiro atoms. The number of hydrogen-bond donors (Lipinski definition) is 1. The molecule has 4 aromatic rings. The number of nitrogens with one attached hydrogen (secondary N) is 1. The fraction of sp³-hybridized carbons (Fsp3) is 0.308. The fourth-order valence-electron chi connectivity index (χ4n) is 4.65. The van der Waals surface area contributed by atoms with Gasteiger partial charge >= 0.3 is 0 Å². The first-order chi connectivity index (χ1) is 16.9. The summed E-state index contributed by atoms with van der Waals surface area (Å²) in [6, 6.07) is 9.78. The molecule has 1 fully saturated rings. The van der Waals surface area contributed by atoms with Gasteiger partial charge in [0.15, 0.2) is 23.0 Å². The molecule has 1 saturated heterocycles. The number of nitrogens with zero attached hydrogens (tertiary/aromatic N) is 4. The van der Waals surface area contributed by atoms with E-state index >= 15 is 4.39 Å². The van der Waals surface area contributed by atoms with E-state index in [2.05, 4.69) is 20.3 Å². The Balaban J connectivity index is 1.45. The number of likely N-dealkylation sites (tertiary alicyclic amines) is 1. The van der Waals surface area contributed by atoms with Gasteiger partial charge in [0.1, 0.15) is 5.52 Å². The highest BCUT2D eigenvalue weighted by atomic mass is 19.2. The predicted molar refractivity (Wildman–Crippen MR) is 128 cm³/mol. The zero-order chi connectivity index (χ0) is 24.5. The molecule has 2 unspecified atom stereocenters. The van der Waals surface area contributed by atoms with Gasteiger partial charge in [-0.25, -0.2) is 18.7 Å². The van der Waals surface area contributed by atoms with Crippen LogP contribution in [0.3, 0.4) is 0 Å². The number of piperidine rings is 1. The summed E-state index contributed by atoms with van der Waals surface area (Å²) in [6.45, 7) is 4.80. The van der Waals surface area contributed by atoms with Crippen molar-refractivity contribution in [3.63, 3.8) is 0 Å². The van der Waals surface area contributed by atoms with E-state index in [1.165, 1.54) is 18.5 Å². The molecule has 7 nitrogen and oxygen atoms in total. The van der Waals surface area contributed by atoms with Crippen LogP contribution in [0.1, 0.15) is 35.7 Å². The average Bonchev–Trinajstić information content (AvgIpc) is 3.26. The Morgan fingerprint density at radius 3 is 2.80 bits per heavy atom. The number of carbonyl (C=O) groups is 1. The van der Waals surface area contributed by atoms with E-state index in [4.69, 9.17) is 4.42 Å². The SMILES string of the molecule is Cc1ccc2oc(NCC3C(C)CCCN3C(=O)c3c(-c4ncccn4)ccc(F)c3F)nc2c1. The Morgan fingerprint density at radius 2 is 2.00 bits per heavy atom. The van der Waals surface area contributed by atoms with Crippen molar-refractivity contribution in [3.8, 4) is 11.4 Å². The lowest BCUT2D eigenvalue weighted by atomic mass is 9.89. The molecule has 1 aliphatic heterocycles. The normalized spacial score (nSPS) is 18.1. The van der Waals surface area contributed by atoms with Crippen molar-refractivity contribution >= 4 is 23.0 Å². The van der Waals surface area contributed by atoms with E-state index in [0.717, 1.165) is 30.0 Å². The van der Waals surface area contributed by atoms with Crippen molar-refractivity contribution in [1.82, 2.24) is 19.9 Å². The Labute approximate surface area is 201 Å². The maximum Gasteiger partial charge on any atom is 0.295 e. The number of halogens is 2. The molecule has 2 aromatic heterocycles. The molecule has 0 bridgehead atoms. The molecule has 0 aliphatic carbocycles. The molecule has 3 heterocycles. The minimum absolute atomic E-state index is 0.125. The molecular weight excluding hydrogens is 452 g/mol. The molecule has 35 heavy (non-hydrogen) atoms. The third-order valence-electron chi connectivity index (χ3n) is 6.50. The minimum atomic E-state index is -1.20. The number of oxazole rings is 1. The van der Waals surface area contributed by atoms with Crippen molar-refractivity contribution in [2.24, 2.45) is 5.92 Å². The number of benzene rings is 2. The van der Waals surface area contributed by atoms with Crippen LogP contribution in [0.15, 0.2) is 53.2 Å². The second-order valence-electron chi connectivity index (χ2n) is 8.91. The second-order valence-corrected chi connectivity index (χ2v) is 8.91.